The number of nitrogens with zero attached hydrogens (tertiary/aromatic N) is 3. The van der Waals surface area contributed by atoms with Crippen LogP contribution in [0.1, 0.15) is 0 Å². The largest absolute Gasteiger partial charge is 0.435 e. The normalized spacial score (nSPS) is 9.22. The minimum absolute atomic E-state index is 0.0764. The molecule has 0 saturated heterocycles. The number of hydrogen-bond donors (Lipinski definition) is 1. The molecule has 0 fully saturated rings. The minimum Gasteiger partial charge on any atom is -0.435 e. The predicted molar refractivity (Wildman–Crippen MR) is 63.1 cm³/mol. The summed E-state index contributed by atoms with van der Waals surface area (Å²) in [4.78, 5) is 0. The first-order valence-electron chi connectivity index (χ1n) is 4.44. The maximum Gasteiger partial charge on any atom is 0.387 e. The average Bonchev–Trinajstić information content (AvgIpc) is 2.28. The van der Waals surface area contributed by atoms with Crippen LogP contribution in [0, 0.1) is 22.7 Å². The van der Waals surface area contributed by atoms with Crippen LogP contribution in [-0.2, 0) is 0 Å². The van der Waals surface area contributed by atoms with E-state index in [4.69, 9.17) is 10.5 Å². The first-order valence-corrected chi connectivity index (χ1v) is 5.23. The van der Waals surface area contributed by atoms with Crippen LogP contribution in [0.5, 0.6) is 5.75 Å². The van der Waals surface area contributed by atoms with Gasteiger partial charge in [-0.2, -0.15) is 24.4 Å². The molecule has 0 saturated carbocycles. The molecule has 1 aromatic rings. The molecule has 0 unspecified atom stereocenters. The van der Waals surface area contributed by atoms with Crippen LogP contribution in [-0.4, -0.2) is 12.3 Å². The van der Waals surface area contributed by atoms with Crippen LogP contribution in [0.4, 0.5) is 14.5 Å². The Morgan fingerprint density at radius 2 is 2.00 bits per heavy atom. The summed E-state index contributed by atoms with van der Waals surface area (Å²) in [5.41, 5.74) is 2.30. The van der Waals surface area contributed by atoms with Crippen molar-refractivity contribution in [2.45, 2.75) is 6.61 Å². The van der Waals surface area contributed by atoms with Crippen LogP contribution in [0.25, 0.3) is 0 Å². The van der Waals surface area contributed by atoms with Gasteiger partial charge < -0.3 is 4.74 Å². The summed E-state index contributed by atoms with van der Waals surface area (Å²) in [6.45, 7) is -2.94. The van der Waals surface area contributed by atoms with Gasteiger partial charge in [0.2, 0.25) is 5.71 Å². The Morgan fingerprint density at radius 1 is 1.33 bits per heavy atom. The lowest BCUT2D eigenvalue weighted by atomic mass is 10.3. The molecule has 8 heteroatoms. The number of anilines is 1. The predicted octanol–water partition coefficient (Wildman–Crippen LogP) is 2.87. The fraction of sp³-hybridized carbons (Fsp3) is 0.100. The van der Waals surface area contributed by atoms with E-state index in [9.17, 15) is 8.78 Å². The van der Waals surface area contributed by atoms with E-state index >= 15 is 0 Å². The summed E-state index contributed by atoms with van der Waals surface area (Å²) < 4.78 is 28.8. The quantitative estimate of drug-likeness (QED) is 0.684. The third-order valence-electron chi connectivity index (χ3n) is 1.61. The van der Waals surface area contributed by atoms with Gasteiger partial charge in [0.15, 0.2) is 0 Å². The topological polar surface area (TPSA) is 81.2 Å². The summed E-state index contributed by atoms with van der Waals surface area (Å²) >= 11 is 3.10. The van der Waals surface area contributed by atoms with Crippen molar-refractivity contribution in [3.63, 3.8) is 0 Å². The molecule has 0 bridgehead atoms. The number of benzene rings is 1. The van der Waals surface area contributed by atoms with E-state index in [-0.39, 0.29) is 11.5 Å². The van der Waals surface area contributed by atoms with Crippen LogP contribution in [0.3, 0.4) is 0 Å². The highest BCUT2D eigenvalue weighted by molar-refractivity contribution is 9.10. The van der Waals surface area contributed by atoms with Gasteiger partial charge in [-0.15, -0.1) is 0 Å². The van der Waals surface area contributed by atoms with Gasteiger partial charge in [0.05, 0.1) is 5.69 Å². The van der Waals surface area contributed by atoms with Gasteiger partial charge in [0.25, 0.3) is 0 Å². The molecule has 1 aromatic carbocycles. The second-order valence-corrected chi connectivity index (χ2v) is 3.77. The summed E-state index contributed by atoms with van der Waals surface area (Å²) in [6, 6.07) is 7.22. The molecule has 92 valence electrons. The van der Waals surface area contributed by atoms with Gasteiger partial charge in [-0.25, -0.2) is 0 Å². The first-order chi connectivity index (χ1) is 8.55. The Morgan fingerprint density at radius 3 is 2.56 bits per heavy atom. The third-order valence-corrected chi connectivity index (χ3v) is 2.06. The van der Waals surface area contributed by atoms with E-state index in [0.717, 1.165) is 0 Å². The van der Waals surface area contributed by atoms with Crippen LogP contribution < -0.4 is 10.2 Å². The highest BCUT2D eigenvalue weighted by Gasteiger charge is 2.06. The lowest BCUT2D eigenvalue weighted by Crippen LogP contribution is -2.02. The van der Waals surface area contributed by atoms with Gasteiger partial charge in [-0.05, 0) is 12.1 Å². The molecule has 5 nitrogen and oxygen atoms in total. The van der Waals surface area contributed by atoms with Crippen molar-refractivity contribution in [2.75, 3.05) is 5.43 Å². The maximum absolute atomic E-state index is 12.0. The SMILES string of the molecule is N#CC(C#N)=NNc1cc(Br)cc(OC(F)F)c1. The monoisotopic (exact) mass is 314 g/mol. The molecule has 0 heterocycles. The molecule has 0 aromatic heterocycles. The standard InChI is InChI=1S/C10H5BrF2N4O/c11-6-1-7(16-17-8(4-14)5-15)3-9(2-6)18-10(12)13/h1-3,10,16H. The first kappa shape index (κ1) is 13.9. The number of halogens is 3. The van der Waals surface area contributed by atoms with E-state index in [1.54, 1.807) is 12.1 Å². The number of nitriles is 2. The Hall–Kier alpha value is -2.19. The van der Waals surface area contributed by atoms with E-state index in [2.05, 4.69) is 31.2 Å². The molecule has 1 rings (SSSR count). The minimum atomic E-state index is -2.94. The molecular weight excluding hydrogens is 310 g/mol. The fourth-order valence-corrected chi connectivity index (χ4v) is 1.47. The van der Waals surface area contributed by atoms with Crippen molar-refractivity contribution in [2.24, 2.45) is 5.10 Å². The fourth-order valence-electron chi connectivity index (χ4n) is 0.994. The van der Waals surface area contributed by atoms with Crippen molar-refractivity contribution in [1.82, 2.24) is 0 Å². The van der Waals surface area contributed by atoms with E-state index in [1.165, 1.54) is 18.2 Å². The van der Waals surface area contributed by atoms with Crippen molar-refractivity contribution in [3.8, 4) is 17.9 Å². The zero-order valence-electron chi connectivity index (χ0n) is 8.69. The molecule has 0 amide bonds. The van der Waals surface area contributed by atoms with Crippen molar-refractivity contribution < 1.29 is 13.5 Å². The number of alkyl halides is 2. The van der Waals surface area contributed by atoms with Gasteiger partial charge >= 0.3 is 6.61 Å². The summed E-state index contributed by atoms with van der Waals surface area (Å²) in [7, 11) is 0. The van der Waals surface area contributed by atoms with Crippen molar-refractivity contribution >= 4 is 27.3 Å². The average molecular weight is 315 g/mol. The highest BCUT2D eigenvalue weighted by atomic mass is 79.9. The Balaban J connectivity index is 2.91. The zero-order chi connectivity index (χ0) is 13.5. The molecule has 0 spiro atoms. The molecule has 18 heavy (non-hydrogen) atoms. The van der Waals surface area contributed by atoms with E-state index in [0.29, 0.717) is 10.2 Å². The number of nitrogens with one attached hydrogen (secondary N) is 1. The molecular formula is C10H5BrF2N4O. The second-order valence-electron chi connectivity index (χ2n) is 2.85. The van der Waals surface area contributed by atoms with Crippen LogP contribution in [0.2, 0.25) is 0 Å². The maximum atomic E-state index is 12.0. The lowest BCUT2D eigenvalue weighted by Gasteiger charge is -2.07. The number of rotatable bonds is 4. The molecule has 0 aliphatic rings. The second kappa shape index (κ2) is 6.52. The zero-order valence-corrected chi connectivity index (χ0v) is 10.3. The van der Waals surface area contributed by atoms with Crippen molar-refractivity contribution in [3.05, 3.63) is 22.7 Å². The number of hydrogen-bond acceptors (Lipinski definition) is 5. The Bertz CT molecular complexity index is 532. The smallest absolute Gasteiger partial charge is 0.387 e. The number of hydrazone groups is 1. The summed E-state index contributed by atoms with van der Waals surface area (Å²) in [6.07, 6.45) is 0. The van der Waals surface area contributed by atoms with Gasteiger partial charge in [-0.3, -0.25) is 5.43 Å². The van der Waals surface area contributed by atoms with Crippen LogP contribution >= 0.6 is 15.9 Å². The van der Waals surface area contributed by atoms with E-state index < -0.39 is 6.61 Å². The summed E-state index contributed by atoms with van der Waals surface area (Å²) in [5, 5.41) is 20.4. The molecule has 1 N–H and O–H groups in total. The third kappa shape index (κ3) is 4.36. The molecule has 0 radical (unpaired) electrons. The van der Waals surface area contributed by atoms with Gasteiger partial charge in [0.1, 0.15) is 17.9 Å². The van der Waals surface area contributed by atoms with E-state index in [1.807, 2.05) is 0 Å². The van der Waals surface area contributed by atoms with Crippen molar-refractivity contribution in [1.29, 1.82) is 10.5 Å². The molecule has 0 aliphatic carbocycles. The Labute approximate surface area is 109 Å². The van der Waals surface area contributed by atoms with Crippen LogP contribution in [0.15, 0.2) is 27.8 Å². The lowest BCUT2D eigenvalue weighted by molar-refractivity contribution is -0.0498. The van der Waals surface area contributed by atoms with Gasteiger partial charge in [0, 0.05) is 10.5 Å². The highest BCUT2D eigenvalue weighted by Crippen LogP contribution is 2.25. The molecule has 0 aliphatic heterocycles. The molecule has 0 atom stereocenters. The summed E-state index contributed by atoms with van der Waals surface area (Å²) in [5.74, 6) is -0.0764. The van der Waals surface area contributed by atoms with Gasteiger partial charge in [-0.1, -0.05) is 15.9 Å². The number of ether oxygens (including phenoxy) is 1. The Kier molecular flexibility index (Phi) is 5.03.